The summed E-state index contributed by atoms with van der Waals surface area (Å²) in [6, 6.07) is 10.8. The van der Waals surface area contributed by atoms with Gasteiger partial charge in [-0.1, -0.05) is 12.1 Å². The Hall–Kier alpha value is -4.45. The molecule has 0 saturated heterocycles. The Balaban J connectivity index is 1.42. The normalized spacial score (nSPS) is 12.1. The number of aromatic nitrogens is 4. The standard InChI is InChI=1S/C25H18F3N5O3S/c1-33-14-17(12-31-33)16-10-21-22(13-30-24(21)29-11-16)23(34)15-3-2-4-19(9-15)32-37(35,36)20-7-5-18(6-8-20)25(26,27)28/h2-14,32H,1H3,(H,29,30). The van der Waals surface area contributed by atoms with Crippen LogP contribution >= 0.6 is 0 Å². The van der Waals surface area contributed by atoms with Crippen LogP contribution in [0.3, 0.4) is 0 Å². The summed E-state index contributed by atoms with van der Waals surface area (Å²) in [7, 11) is -2.40. The fourth-order valence-corrected chi connectivity index (χ4v) is 4.89. The molecule has 0 radical (unpaired) electrons. The molecule has 0 atom stereocenters. The molecule has 12 heteroatoms. The van der Waals surface area contributed by atoms with Crippen molar-refractivity contribution in [1.29, 1.82) is 0 Å². The third kappa shape index (κ3) is 4.83. The highest BCUT2D eigenvalue weighted by Gasteiger charge is 2.30. The topological polar surface area (TPSA) is 110 Å². The van der Waals surface area contributed by atoms with Crippen LogP contribution < -0.4 is 4.72 Å². The van der Waals surface area contributed by atoms with Crippen molar-refractivity contribution in [2.24, 2.45) is 7.05 Å². The molecule has 0 amide bonds. The molecule has 8 nitrogen and oxygen atoms in total. The summed E-state index contributed by atoms with van der Waals surface area (Å²) >= 11 is 0. The zero-order chi connectivity index (χ0) is 26.4. The second-order valence-corrected chi connectivity index (χ2v) is 9.95. The quantitative estimate of drug-likeness (QED) is 0.303. The first-order chi connectivity index (χ1) is 17.5. The van der Waals surface area contributed by atoms with E-state index in [1.54, 1.807) is 24.1 Å². The number of ketones is 1. The number of hydrogen-bond donors (Lipinski definition) is 2. The van der Waals surface area contributed by atoms with Crippen molar-refractivity contribution in [1.82, 2.24) is 19.7 Å². The van der Waals surface area contributed by atoms with E-state index >= 15 is 0 Å². The van der Waals surface area contributed by atoms with E-state index in [1.165, 1.54) is 30.5 Å². The van der Waals surface area contributed by atoms with E-state index in [9.17, 15) is 26.4 Å². The lowest BCUT2D eigenvalue weighted by Crippen LogP contribution is -2.14. The number of carbonyl (C=O) groups is 1. The van der Waals surface area contributed by atoms with E-state index in [-0.39, 0.29) is 21.9 Å². The minimum Gasteiger partial charge on any atom is -0.345 e. The van der Waals surface area contributed by atoms with Gasteiger partial charge >= 0.3 is 6.18 Å². The number of rotatable bonds is 6. The molecule has 37 heavy (non-hydrogen) atoms. The number of H-pyrrole nitrogens is 1. The summed E-state index contributed by atoms with van der Waals surface area (Å²) in [6.07, 6.45) is 2.13. The second kappa shape index (κ2) is 8.89. The number of carbonyl (C=O) groups excluding carboxylic acids is 1. The maximum Gasteiger partial charge on any atom is 0.416 e. The van der Waals surface area contributed by atoms with Crippen molar-refractivity contribution < 1.29 is 26.4 Å². The minimum absolute atomic E-state index is 0.0831. The highest BCUT2D eigenvalue weighted by Crippen LogP contribution is 2.30. The Morgan fingerprint density at radius 2 is 1.78 bits per heavy atom. The van der Waals surface area contributed by atoms with Crippen molar-refractivity contribution in [2.45, 2.75) is 11.1 Å². The van der Waals surface area contributed by atoms with E-state index in [0.717, 1.165) is 23.3 Å². The average molecular weight is 526 g/mol. The first-order valence-corrected chi connectivity index (χ1v) is 12.3. The van der Waals surface area contributed by atoms with Gasteiger partial charge < -0.3 is 4.98 Å². The molecule has 2 N–H and O–H groups in total. The molecule has 3 heterocycles. The van der Waals surface area contributed by atoms with Crippen molar-refractivity contribution in [2.75, 3.05) is 4.72 Å². The SMILES string of the molecule is Cn1cc(-c2cnc3[nH]cc(C(=O)c4cccc(NS(=O)(=O)c5ccc(C(F)(F)F)cc5)c4)c3c2)cn1. The molecule has 0 aliphatic rings. The molecule has 0 spiro atoms. The van der Waals surface area contributed by atoms with Crippen LogP contribution in [0.25, 0.3) is 22.2 Å². The van der Waals surface area contributed by atoms with Crippen LogP contribution in [0, 0.1) is 0 Å². The van der Waals surface area contributed by atoms with Crippen molar-refractivity contribution in [3.05, 3.63) is 96.1 Å². The fraction of sp³-hybridized carbons (Fsp3) is 0.0800. The van der Waals surface area contributed by atoms with Crippen molar-refractivity contribution >= 4 is 32.5 Å². The lowest BCUT2D eigenvalue weighted by Gasteiger charge is -2.11. The zero-order valence-electron chi connectivity index (χ0n) is 19.1. The Morgan fingerprint density at radius 3 is 2.46 bits per heavy atom. The molecule has 3 aromatic heterocycles. The summed E-state index contributed by atoms with van der Waals surface area (Å²) in [5.41, 5.74) is 1.79. The Bertz CT molecular complexity index is 1740. The first-order valence-electron chi connectivity index (χ1n) is 10.8. The molecule has 5 aromatic rings. The lowest BCUT2D eigenvalue weighted by atomic mass is 10.0. The van der Waals surface area contributed by atoms with E-state index in [1.807, 2.05) is 12.3 Å². The van der Waals surface area contributed by atoms with Crippen molar-refractivity contribution in [3.8, 4) is 11.1 Å². The number of hydrogen-bond acceptors (Lipinski definition) is 5. The van der Waals surface area contributed by atoms with Crippen LogP contribution in [0.4, 0.5) is 18.9 Å². The zero-order valence-corrected chi connectivity index (χ0v) is 19.9. The summed E-state index contributed by atoms with van der Waals surface area (Å²) in [6.45, 7) is 0. The molecule has 5 rings (SSSR count). The largest absolute Gasteiger partial charge is 0.416 e. The van der Waals surface area contributed by atoms with Gasteiger partial charge in [0.25, 0.3) is 10.0 Å². The third-order valence-electron chi connectivity index (χ3n) is 5.68. The van der Waals surface area contributed by atoms with Crippen LogP contribution in [0.1, 0.15) is 21.5 Å². The van der Waals surface area contributed by atoms with Gasteiger partial charge in [0, 0.05) is 59.0 Å². The number of nitrogens with one attached hydrogen (secondary N) is 2. The predicted molar refractivity (Wildman–Crippen MR) is 130 cm³/mol. The number of anilines is 1. The Kier molecular flexibility index (Phi) is 5.83. The maximum atomic E-state index is 13.3. The van der Waals surface area contributed by atoms with Crippen molar-refractivity contribution in [3.63, 3.8) is 0 Å². The third-order valence-corrected chi connectivity index (χ3v) is 7.08. The van der Waals surface area contributed by atoms with Gasteiger partial charge in [0.2, 0.25) is 0 Å². The summed E-state index contributed by atoms with van der Waals surface area (Å²) in [5.74, 6) is -0.369. The number of nitrogens with zero attached hydrogens (tertiary/aromatic N) is 3. The molecule has 0 fully saturated rings. The predicted octanol–water partition coefficient (Wildman–Crippen LogP) is 5.01. The van der Waals surface area contributed by atoms with E-state index < -0.39 is 21.8 Å². The second-order valence-electron chi connectivity index (χ2n) is 8.26. The van der Waals surface area contributed by atoms with Gasteiger partial charge in [0.05, 0.1) is 16.7 Å². The number of benzene rings is 2. The first kappa shape index (κ1) is 24.3. The van der Waals surface area contributed by atoms with Crippen LogP contribution in [-0.4, -0.2) is 33.9 Å². The van der Waals surface area contributed by atoms with E-state index in [2.05, 4.69) is 19.8 Å². The summed E-state index contributed by atoms with van der Waals surface area (Å²) in [5, 5.41) is 4.73. The highest BCUT2D eigenvalue weighted by molar-refractivity contribution is 7.92. The fourth-order valence-electron chi connectivity index (χ4n) is 3.84. The highest BCUT2D eigenvalue weighted by atomic mass is 32.2. The molecule has 0 unspecified atom stereocenters. The van der Waals surface area contributed by atoms with Gasteiger partial charge in [-0.2, -0.15) is 18.3 Å². The number of fused-ring (bicyclic) bond motifs is 1. The number of aryl methyl sites for hydroxylation is 1. The molecule has 0 saturated carbocycles. The van der Waals surface area contributed by atoms with Gasteiger partial charge in [-0.05, 0) is 42.5 Å². The molecular formula is C25H18F3N5O3S. The maximum absolute atomic E-state index is 13.3. The Morgan fingerprint density at radius 1 is 1.03 bits per heavy atom. The molecule has 188 valence electrons. The lowest BCUT2D eigenvalue weighted by molar-refractivity contribution is -0.137. The van der Waals surface area contributed by atoms with Gasteiger partial charge in [-0.3, -0.25) is 14.2 Å². The molecule has 0 bridgehead atoms. The van der Waals surface area contributed by atoms with Crippen LogP contribution in [0.5, 0.6) is 0 Å². The van der Waals surface area contributed by atoms with E-state index in [4.69, 9.17) is 0 Å². The van der Waals surface area contributed by atoms with Gasteiger partial charge in [0.1, 0.15) is 5.65 Å². The number of alkyl halides is 3. The molecular weight excluding hydrogens is 507 g/mol. The average Bonchev–Trinajstić information content (AvgIpc) is 3.49. The molecule has 0 aliphatic carbocycles. The monoisotopic (exact) mass is 525 g/mol. The smallest absolute Gasteiger partial charge is 0.345 e. The van der Waals surface area contributed by atoms with E-state index in [0.29, 0.717) is 28.7 Å². The number of sulfonamides is 1. The van der Waals surface area contributed by atoms with Gasteiger partial charge in [-0.25, -0.2) is 13.4 Å². The van der Waals surface area contributed by atoms with Gasteiger partial charge in [-0.15, -0.1) is 0 Å². The van der Waals surface area contributed by atoms with Gasteiger partial charge in [0.15, 0.2) is 5.78 Å². The number of halogens is 3. The Labute approximate surface area is 208 Å². The van der Waals surface area contributed by atoms with Crippen LogP contribution in [0.2, 0.25) is 0 Å². The summed E-state index contributed by atoms with van der Waals surface area (Å²) < 4.78 is 67.8. The minimum atomic E-state index is -4.58. The van der Waals surface area contributed by atoms with Crippen LogP contribution in [0.15, 0.2) is 84.3 Å². The molecule has 2 aromatic carbocycles. The number of aromatic amines is 1. The molecule has 0 aliphatic heterocycles. The summed E-state index contributed by atoms with van der Waals surface area (Å²) in [4.78, 5) is 20.3. The van der Waals surface area contributed by atoms with Crippen LogP contribution in [-0.2, 0) is 23.2 Å². The number of pyridine rings is 1.